The Kier molecular flexibility index (Phi) is 11.4. The molecule has 0 aliphatic carbocycles. The maximum absolute atomic E-state index is 12.7. The number of aliphatic hydroxyl groups is 2. The molecule has 0 saturated heterocycles. The molecule has 0 spiro atoms. The SMILES string of the molecule is CC(C)CC(NC(=O)C(N)C(C)C)C(=O)NC(C(=O)NC(CO)C(=O)O)C(C)O. The summed E-state index contributed by atoms with van der Waals surface area (Å²) in [6, 6.07) is -4.90. The quantitative estimate of drug-likeness (QED) is 0.188. The van der Waals surface area contributed by atoms with E-state index in [2.05, 4.69) is 10.6 Å². The number of aliphatic hydroxyl groups excluding tert-OH is 2. The van der Waals surface area contributed by atoms with Gasteiger partial charge >= 0.3 is 5.97 Å². The molecule has 0 aromatic carbocycles. The molecule has 0 radical (unpaired) electrons. The smallest absolute Gasteiger partial charge is 0.328 e. The molecule has 0 heterocycles. The number of nitrogens with two attached hydrogens (primary N) is 1. The number of nitrogens with one attached hydrogen (secondary N) is 3. The first kappa shape index (κ1) is 26.8. The van der Waals surface area contributed by atoms with Crippen LogP contribution in [0.15, 0.2) is 0 Å². The van der Waals surface area contributed by atoms with Crippen molar-refractivity contribution in [3.8, 4) is 0 Å². The standard InChI is InChI=1S/C18H34N4O7/c1-8(2)6-11(20-16(26)13(19)9(3)4)15(25)22-14(10(5)24)17(27)21-12(7-23)18(28)29/h8-14,23-24H,6-7,19H2,1-5H3,(H,20,26)(H,21,27)(H,22,25)(H,28,29). The van der Waals surface area contributed by atoms with Crippen molar-refractivity contribution in [2.24, 2.45) is 17.6 Å². The zero-order valence-electron chi connectivity index (χ0n) is 17.5. The summed E-state index contributed by atoms with van der Waals surface area (Å²) < 4.78 is 0. The van der Waals surface area contributed by atoms with Crippen LogP contribution in [0.1, 0.15) is 41.0 Å². The van der Waals surface area contributed by atoms with Crippen molar-refractivity contribution in [1.29, 1.82) is 0 Å². The fourth-order valence-electron chi connectivity index (χ4n) is 2.38. The first-order chi connectivity index (χ1) is 13.3. The molecule has 168 valence electrons. The minimum atomic E-state index is -1.59. The lowest BCUT2D eigenvalue weighted by atomic mass is 10.00. The van der Waals surface area contributed by atoms with Crippen molar-refractivity contribution < 1.29 is 34.5 Å². The molecule has 8 N–H and O–H groups in total. The predicted octanol–water partition coefficient (Wildman–Crippen LogP) is -2.07. The van der Waals surface area contributed by atoms with Gasteiger partial charge in [0.05, 0.1) is 18.8 Å². The fourth-order valence-corrected chi connectivity index (χ4v) is 2.38. The minimum Gasteiger partial charge on any atom is -0.480 e. The highest BCUT2D eigenvalue weighted by Crippen LogP contribution is 2.08. The number of carboxylic acid groups (broad SMARTS) is 1. The summed E-state index contributed by atoms with van der Waals surface area (Å²) in [4.78, 5) is 48.2. The van der Waals surface area contributed by atoms with Crippen LogP contribution in [0.4, 0.5) is 0 Å². The second-order valence-electron chi connectivity index (χ2n) is 7.77. The Balaban J connectivity index is 5.35. The van der Waals surface area contributed by atoms with E-state index in [1.807, 2.05) is 19.2 Å². The molecule has 5 unspecified atom stereocenters. The van der Waals surface area contributed by atoms with Gasteiger partial charge in [0.2, 0.25) is 17.7 Å². The number of hydrogen-bond acceptors (Lipinski definition) is 7. The number of carboxylic acids is 1. The van der Waals surface area contributed by atoms with E-state index in [9.17, 15) is 24.3 Å². The van der Waals surface area contributed by atoms with Gasteiger partial charge in [-0.2, -0.15) is 0 Å². The minimum absolute atomic E-state index is 0.0194. The molecule has 0 aromatic rings. The molecule has 29 heavy (non-hydrogen) atoms. The van der Waals surface area contributed by atoms with Crippen LogP contribution in [0.25, 0.3) is 0 Å². The number of carbonyl (C=O) groups is 4. The largest absolute Gasteiger partial charge is 0.480 e. The van der Waals surface area contributed by atoms with Crippen LogP contribution in [0, 0.1) is 11.8 Å². The summed E-state index contributed by atoms with van der Waals surface area (Å²) in [6.07, 6.45) is -1.11. The highest BCUT2D eigenvalue weighted by molar-refractivity contribution is 5.94. The van der Waals surface area contributed by atoms with Gasteiger partial charge in [0.15, 0.2) is 0 Å². The molecular formula is C18H34N4O7. The van der Waals surface area contributed by atoms with Gasteiger partial charge in [0.1, 0.15) is 18.1 Å². The van der Waals surface area contributed by atoms with E-state index in [0.29, 0.717) is 0 Å². The van der Waals surface area contributed by atoms with Crippen LogP contribution in [-0.4, -0.2) is 75.9 Å². The van der Waals surface area contributed by atoms with Crippen LogP contribution in [0.3, 0.4) is 0 Å². The number of amides is 3. The maximum atomic E-state index is 12.7. The summed E-state index contributed by atoms with van der Waals surface area (Å²) in [6.45, 7) is 7.58. The predicted molar refractivity (Wildman–Crippen MR) is 104 cm³/mol. The van der Waals surface area contributed by atoms with Gasteiger partial charge in [-0.25, -0.2) is 4.79 Å². The van der Waals surface area contributed by atoms with Crippen molar-refractivity contribution >= 4 is 23.7 Å². The normalized spacial score (nSPS) is 16.5. The molecule has 0 bridgehead atoms. The van der Waals surface area contributed by atoms with Crippen molar-refractivity contribution in [3.63, 3.8) is 0 Å². The number of carbonyl (C=O) groups excluding carboxylic acids is 3. The Labute approximate surface area is 170 Å². The molecule has 3 amide bonds. The summed E-state index contributed by atoms with van der Waals surface area (Å²) in [5, 5.41) is 34.7. The molecular weight excluding hydrogens is 384 g/mol. The maximum Gasteiger partial charge on any atom is 0.328 e. The van der Waals surface area contributed by atoms with E-state index < -0.39 is 60.6 Å². The van der Waals surface area contributed by atoms with E-state index in [4.69, 9.17) is 15.9 Å². The molecule has 11 heteroatoms. The zero-order valence-corrected chi connectivity index (χ0v) is 17.5. The molecule has 0 saturated carbocycles. The van der Waals surface area contributed by atoms with Gasteiger partial charge in [0, 0.05) is 0 Å². The van der Waals surface area contributed by atoms with Gasteiger partial charge < -0.3 is 37.0 Å². The average molecular weight is 418 g/mol. The monoisotopic (exact) mass is 418 g/mol. The van der Waals surface area contributed by atoms with Gasteiger partial charge in [-0.05, 0) is 25.2 Å². The third-order valence-corrected chi connectivity index (χ3v) is 4.22. The Bertz CT molecular complexity index is 581. The van der Waals surface area contributed by atoms with Crippen LogP contribution >= 0.6 is 0 Å². The molecule has 0 aromatic heterocycles. The Morgan fingerprint density at radius 3 is 1.76 bits per heavy atom. The van der Waals surface area contributed by atoms with E-state index in [1.54, 1.807) is 13.8 Å². The lowest BCUT2D eigenvalue weighted by Gasteiger charge is -2.27. The van der Waals surface area contributed by atoms with E-state index in [0.717, 1.165) is 0 Å². The molecule has 11 nitrogen and oxygen atoms in total. The number of aliphatic carboxylic acids is 1. The fraction of sp³-hybridized carbons (Fsp3) is 0.778. The average Bonchev–Trinajstić information content (AvgIpc) is 2.61. The Morgan fingerprint density at radius 1 is 0.862 bits per heavy atom. The third-order valence-electron chi connectivity index (χ3n) is 4.22. The summed E-state index contributed by atoms with van der Waals surface area (Å²) in [7, 11) is 0. The van der Waals surface area contributed by atoms with Crippen molar-refractivity contribution in [3.05, 3.63) is 0 Å². The van der Waals surface area contributed by atoms with E-state index in [-0.39, 0.29) is 18.3 Å². The molecule has 0 fully saturated rings. The highest BCUT2D eigenvalue weighted by atomic mass is 16.4. The van der Waals surface area contributed by atoms with Crippen molar-refractivity contribution in [1.82, 2.24) is 16.0 Å². The van der Waals surface area contributed by atoms with E-state index >= 15 is 0 Å². The Hall–Kier alpha value is -2.24. The van der Waals surface area contributed by atoms with Gasteiger partial charge in [-0.3, -0.25) is 14.4 Å². The number of rotatable bonds is 12. The van der Waals surface area contributed by atoms with Crippen LogP contribution in [-0.2, 0) is 19.2 Å². The topological polar surface area (TPSA) is 191 Å². The zero-order chi connectivity index (χ0) is 22.9. The van der Waals surface area contributed by atoms with Crippen molar-refractivity contribution in [2.45, 2.75) is 71.3 Å². The highest BCUT2D eigenvalue weighted by Gasteiger charge is 2.33. The lowest BCUT2D eigenvalue weighted by Crippen LogP contribution is -2.60. The first-order valence-electron chi connectivity index (χ1n) is 9.50. The molecule has 0 aliphatic heterocycles. The van der Waals surface area contributed by atoms with E-state index in [1.165, 1.54) is 6.92 Å². The summed E-state index contributed by atoms with van der Waals surface area (Å²) >= 11 is 0. The van der Waals surface area contributed by atoms with Crippen LogP contribution in [0.2, 0.25) is 0 Å². The molecule has 5 atom stereocenters. The van der Waals surface area contributed by atoms with Gasteiger partial charge in [-0.15, -0.1) is 0 Å². The van der Waals surface area contributed by atoms with Crippen molar-refractivity contribution in [2.75, 3.05) is 6.61 Å². The second-order valence-corrected chi connectivity index (χ2v) is 7.77. The van der Waals surface area contributed by atoms with Crippen LogP contribution in [0.5, 0.6) is 0 Å². The molecule has 0 rings (SSSR count). The van der Waals surface area contributed by atoms with Crippen LogP contribution < -0.4 is 21.7 Å². The lowest BCUT2D eigenvalue weighted by molar-refractivity contribution is -0.144. The first-order valence-corrected chi connectivity index (χ1v) is 9.50. The number of hydrogen-bond donors (Lipinski definition) is 7. The summed E-state index contributed by atoms with van der Waals surface area (Å²) in [5.41, 5.74) is 5.81. The van der Waals surface area contributed by atoms with Gasteiger partial charge in [-0.1, -0.05) is 27.7 Å². The summed E-state index contributed by atoms with van der Waals surface area (Å²) in [5.74, 6) is -3.83. The molecule has 0 aliphatic rings. The third kappa shape index (κ3) is 9.20. The van der Waals surface area contributed by atoms with Gasteiger partial charge in [0.25, 0.3) is 0 Å². The second kappa shape index (κ2) is 12.3. The Morgan fingerprint density at radius 2 is 1.38 bits per heavy atom.